The number of carbonyl (C=O) groups excluding carboxylic acids is 3. The van der Waals surface area contributed by atoms with Gasteiger partial charge in [-0.3, -0.25) is 14.4 Å². The molecule has 0 bridgehead atoms. The second kappa shape index (κ2) is 11.1. The highest BCUT2D eigenvalue weighted by Gasteiger charge is 2.32. The van der Waals surface area contributed by atoms with E-state index in [0.717, 1.165) is 17.3 Å². The van der Waals surface area contributed by atoms with Crippen LogP contribution in [0.15, 0.2) is 58.7 Å². The minimum absolute atomic E-state index is 0.00155. The quantitative estimate of drug-likeness (QED) is 0.401. The number of nitrogens with one attached hydrogen (secondary N) is 3. The molecule has 1 saturated heterocycles. The SMILES string of the molecule is CC(=N/N=C1\NC(=O)C(CC(=O)Nc2ccc(Cl)cc2)S1)c1cccc(NC(=O)C(C)C)c1. The predicted molar refractivity (Wildman–Crippen MR) is 134 cm³/mol. The molecule has 2 aromatic rings. The molecule has 1 atom stereocenters. The monoisotopic (exact) mass is 485 g/mol. The Balaban J connectivity index is 1.60. The highest BCUT2D eigenvalue weighted by molar-refractivity contribution is 8.15. The molecule has 172 valence electrons. The van der Waals surface area contributed by atoms with E-state index < -0.39 is 5.25 Å². The summed E-state index contributed by atoms with van der Waals surface area (Å²) in [6, 6.07) is 14.0. The number of hydrogen-bond acceptors (Lipinski definition) is 6. The fourth-order valence-electron chi connectivity index (χ4n) is 2.79. The van der Waals surface area contributed by atoms with E-state index in [1.807, 2.05) is 32.0 Å². The van der Waals surface area contributed by atoms with Crippen molar-refractivity contribution in [1.29, 1.82) is 0 Å². The van der Waals surface area contributed by atoms with Gasteiger partial charge in [-0.2, -0.15) is 5.10 Å². The molecule has 0 radical (unpaired) electrons. The van der Waals surface area contributed by atoms with Crippen molar-refractivity contribution < 1.29 is 14.4 Å². The first kappa shape index (κ1) is 24.5. The van der Waals surface area contributed by atoms with Gasteiger partial charge < -0.3 is 16.0 Å². The summed E-state index contributed by atoms with van der Waals surface area (Å²) in [5.41, 5.74) is 2.67. The maximum Gasteiger partial charge on any atom is 0.240 e. The van der Waals surface area contributed by atoms with Gasteiger partial charge in [0, 0.05) is 28.7 Å². The first-order chi connectivity index (χ1) is 15.7. The molecule has 3 N–H and O–H groups in total. The third kappa shape index (κ3) is 7.16. The number of amidine groups is 1. The van der Waals surface area contributed by atoms with E-state index in [1.54, 1.807) is 37.3 Å². The Labute approximate surface area is 201 Å². The van der Waals surface area contributed by atoms with Crippen molar-refractivity contribution >= 4 is 63.3 Å². The number of anilines is 2. The summed E-state index contributed by atoms with van der Waals surface area (Å²) in [5, 5.41) is 16.9. The van der Waals surface area contributed by atoms with Crippen LogP contribution in [0.3, 0.4) is 0 Å². The Morgan fingerprint density at radius 3 is 2.55 bits per heavy atom. The smallest absolute Gasteiger partial charge is 0.240 e. The van der Waals surface area contributed by atoms with Crippen molar-refractivity contribution in [1.82, 2.24) is 5.32 Å². The Morgan fingerprint density at radius 2 is 1.85 bits per heavy atom. The summed E-state index contributed by atoms with van der Waals surface area (Å²) >= 11 is 7.00. The molecule has 3 amide bonds. The van der Waals surface area contributed by atoms with Crippen LogP contribution in [0, 0.1) is 5.92 Å². The van der Waals surface area contributed by atoms with Gasteiger partial charge in [-0.1, -0.05) is 49.3 Å². The van der Waals surface area contributed by atoms with Crippen LogP contribution in [0.1, 0.15) is 32.8 Å². The molecule has 2 aromatic carbocycles. The lowest BCUT2D eigenvalue weighted by Crippen LogP contribution is -2.28. The lowest BCUT2D eigenvalue weighted by Gasteiger charge is -2.09. The maximum atomic E-state index is 12.3. The van der Waals surface area contributed by atoms with E-state index in [1.165, 1.54) is 0 Å². The number of nitrogens with zero attached hydrogens (tertiary/aromatic N) is 2. The molecule has 0 saturated carbocycles. The van der Waals surface area contributed by atoms with Crippen LogP contribution in [0.4, 0.5) is 11.4 Å². The third-order valence-electron chi connectivity index (χ3n) is 4.64. The average molecular weight is 486 g/mol. The van der Waals surface area contributed by atoms with Crippen molar-refractivity contribution in [2.45, 2.75) is 32.4 Å². The van der Waals surface area contributed by atoms with Gasteiger partial charge >= 0.3 is 0 Å². The zero-order valence-corrected chi connectivity index (χ0v) is 20.0. The van der Waals surface area contributed by atoms with E-state index in [0.29, 0.717) is 27.3 Å². The molecule has 1 heterocycles. The largest absolute Gasteiger partial charge is 0.326 e. The zero-order chi connectivity index (χ0) is 24.0. The normalized spacial score (nSPS) is 17.2. The van der Waals surface area contributed by atoms with Gasteiger partial charge in [-0.05, 0) is 48.9 Å². The Hall–Kier alpha value is -3.17. The summed E-state index contributed by atoms with van der Waals surface area (Å²) in [4.78, 5) is 36.4. The van der Waals surface area contributed by atoms with Gasteiger partial charge in [0.2, 0.25) is 17.7 Å². The minimum atomic E-state index is -0.596. The van der Waals surface area contributed by atoms with E-state index in [9.17, 15) is 14.4 Å². The number of hydrogen-bond donors (Lipinski definition) is 3. The molecule has 1 aliphatic rings. The van der Waals surface area contributed by atoms with Crippen LogP contribution >= 0.6 is 23.4 Å². The fourth-order valence-corrected chi connectivity index (χ4v) is 3.83. The Bertz CT molecular complexity index is 1120. The number of rotatable bonds is 7. The Kier molecular flexibility index (Phi) is 8.24. The van der Waals surface area contributed by atoms with Crippen LogP contribution in [-0.2, 0) is 14.4 Å². The fraction of sp³-hybridized carbons (Fsp3) is 0.261. The van der Waals surface area contributed by atoms with Crippen LogP contribution in [0.25, 0.3) is 0 Å². The molecule has 0 spiro atoms. The Morgan fingerprint density at radius 1 is 1.12 bits per heavy atom. The summed E-state index contributed by atoms with van der Waals surface area (Å²) in [7, 11) is 0. The van der Waals surface area contributed by atoms with Crippen molar-refractivity contribution in [3.8, 4) is 0 Å². The highest BCUT2D eigenvalue weighted by atomic mass is 35.5. The molecular weight excluding hydrogens is 462 g/mol. The second-order valence-electron chi connectivity index (χ2n) is 7.67. The molecule has 10 heteroatoms. The number of halogens is 1. The number of thioether (sulfide) groups is 1. The van der Waals surface area contributed by atoms with Crippen LogP contribution in [-0.4, -0.2) is 33.9 Å². The van der Waals surface area contributed by atoms with Crippen molar-refractivity contribution in [3.05, 3.63) is 59.1 Å². The lowest BCUT2D eigenvalue weighted by atomic mass is 10.1. The van der Waals surface area contributed by atoms with E-state index in [2.05, 4.69) is 26.2 Å². The van der Waals surface area contributed by atoms with Gasteiger partial charge in [0.15, 0.2) is 5.17 Å². The van der Waals surface area contributed by atoms with Crippen molar-refractivity contribution in [3.63, 3.8) is 0 Å². The topological polar surface area (TPSA) is 112 Å². The molecule has 3 rings (SSSR count). The maximum absolute atomic E-state index is 12.3. The van der Waals surface area contributed by atoms with Crippen LogP contribution in [0.2, 0.25) is 5.02 Å². The molecule has 0 aromatic heterocycles. The molecule has 0 aliphatic carbocycles. The predicted octanol–water partition coefficient (Wildman–Crippen LogP) is 4.27. The first-order valence-electron chi connectivity index (χ1n) is 10.3. The van der Waals surface area contributed by atoms with Gasteiger partial charge in [0.05, 0.1) is 5.71 Å². The standard InChI is InChI=1S/C23H24ClN5O3S/c1-13(2)21(31)26-18-6-4-5-15(11-18)14(3)28-29-23-27-22(32)19(33-23)12-20(30)25-17-9-7-16(24)8-10-17/h4-11,13,19H,12H2,1-3H3,(H,25,30)(H,26,31)(H,27,29,32). The number of benzene rings is 2. The number of amides is 3. The average Bonchev–Trinajstić information content (AvgIpc) is 3.12. The van der Waals surface area contributed by atoms with E-state index >= 15 is 0 Å². The molecule has 1 unspecified atom stereocenters. The molecule has 1 aliphatic heterocycles. The van der Waals surface area contributed by atoms with E-state index in [-0.39, 0.29) is 30.1 Å². The minimum Gasteiger partial charge on any atom is -0.326 e. The van der Waals surface area contributed by atoms with E-state index in [4.69, 9.17) is 11.6 Å². The van der Waals surface area contributed by atoms with Crippen molar-refractivity contribution in [2.75, 3.05) is 10.6 Å². The molecule has 8 nitrogen and oxygen atoms in total. The molecular formula is C23H24ClN5O3S. The summed E-state index contributed by atoms with van der Waals surface area (Å²) < 4.78 is 0. The van der Waals surface area contributed by atoms with Crippen molar-refractivity contribution in [2.24, 2.45) is 16.1 Å². The van der Waals surface area contributed by atoms with Crippen LogP contribution < -0.4 is 16.0 Å². The lowest BCUT2D eigenvalue weighted by molar-refractivity contribution is -0.122. The third-order valence-corrected chi connectivity index (χ3v) is 5.96. The van der Waals surface area contributed by atoms with Gasteiger partial charge in [0.1, 0.15) is 5.25 Å². The second-order valence-corrected chi connectivity index (χ2v) is 9.30. The van der Waals surface area contributed by atoms with Gasteiger partial charge in [0.25, 0.3) is 0 Å². The number of carbonyl (C=O) groups is 3. The molecule has 33 heavy (non-hydrogen) atoms. The molecule has 1 fully saturated rings. The van der Waals surface area contributed by atoms with Crippen LogP contribution in [0.5, 0.6) is 0 Å². The summed E-state index contributed by atoms with van der Waals surface area (Å²) in [6.07, 6.45) is -0.00155. The summed E-state index contributed by atoms with van der Waals surface area (Å²) in [5.74, 6) is -0.778. The zero-order valence-electron chi connectivity index (χ0n) is 18.4. The first-order valence-corrected chi connectivity index (χ1v) is 11.5. The van der Waals surface area contributed by atoms with Gasteiger partial charge in [-0.15, -0.1) is 5.10 Å². The summed E-state index contributed by atoms with van der Waals surface area (Å²) in [6.45, 7) is 5.43. The van der Waals surface area contributed by atoms with Gasteiger partial charge in [-0.25, -0.2) is 0 Å². The highest BCUT2D eigenvalue weighted by Crippen LogP contribution is 2.23.